The van der Waals surface area contributed by atoms with Crippen LogP contribution in [0.2, 0.25) is 0 Å². The van der Waals surface area contributed by atoms with Crippen molar-refractivity contribution in [3.8, 4) is 0 Å². The Morgan fingerprint density at radius 1 is 1.07 bits per heavy atom. The summed E-state index contributed by atoms with van der Waals surface area (Å²) in [6.07, 6.45) is 2.14. The number of ether oxygens (including phenoxy) is 1. The normalized spacial score (nSPS) is 21.8. The van der Waals surface area contributed by atoms with E-state index in [4.69, 9.17) is 4.74 Å². The molecule has 3 N–H and O–H groups in total. The van der Waals surface area contributed by atoms with E-state index in [9.17, 15) is 32.4 Å². The van der Waals surface area contributed by atoms with Crippen LogP contribution in [0.4, 0.5) is 4.79 Å². The number of rotatable bonds is 12. The number of nitrogens with one attached hydrogen (secondary N) is 3. The van der Waals surface area contributed by atoms with Gasteiger partial charge in [0, 0.05) is 19.2 Å². The second-order valence-corrected chi connectivity index (χ2v) is 12.9. The lowest BCUT2D eigenvalue weighted by molar-refractivity contribution is -0.139. The van der Waals surface area contributed by atoms with Crippen LogP contribution < -0.4 is 16.0 Å². The number of nitrogens with zero attached hydrogens (tertiary/aromatic N) is 1. The quantitative estimate of drug-likeness (QED) is 0.298. The number of carbonyl (C=O) groups excluding carboxylic acids is 5. The molecule has 220 valence electrons. The van der Waals surface area contributed by atoms with Gasteiger partial charge in [-0.05, 0) is 37.7 Å². The summed E-state index contributed by atoms with van der Waals surface area (Å²) < 4.78 is 28.0. The monoisotopic (exact) mass is 578 g/mol. The Balaban J connectivity index is 1.74. The van der Waals surface area contributed by atoms with E-state index in [1.807, 2.05) is 44.2 Å². The van der Waals surface area contributed by atoms with E-state index >= 15 is 0 Å². The van der Waals surface area contributed by atoms with Gasteiger partial charge < -0.3 is 25.6 Å². The molecule has 40 heavy (non-hydrogen) atoms. The van der Waals surface area contributed by atoms with Crippen molar-refractivity contribution in [2.45, 2.75) is 70.2 Å². The molecule has 2 saturated heterocycles. The molecule has 1 aromatic rings. The fraction of sp³-hybridized carbons (Fsp3) is 0.593. The van der Waals surface area contributed by atoms with Crippen LogP contribution in [-0.4, -0.2) is 91.7 Å². The van der Waals surface area contributed by atoms with Crippen molar-refractivity contribution in [2.75, 3.05) is 26.0 Å². The highest BCUT2D eigenvalue weighted by molar-refractivity contribution is 8.05. The third kappa shape index (κ3) is 8.34. The van der Waals surface area contributed by atoms with Crippen molar-refractivity contribution in [1.29, 1.82) is 0 Å². The van der Waals surface area contributed by atoms with E-state index in [1.165, 1.54) is 4.90 Å². The highest BCUT2D eigenvalue weighted by atomic mass is 32.2. The fourth-order valence-corrected chi connectivity index (χ4v) is 4.97. The minimum absolute atomic E-state index is 0.111. The Kier molecular flexibility index (Phi) is 10.1. The minimum Gasteiger partial charge on any atom is -0.361 e. The van der Waals surface area contributed by atoms with Gasteiger partial charge in [-0.2, -0.15) is 0 Å². The minimum atomic E-state index is -4.01. The molecule has 2 fully saturated rings. The molecule has 2 aliphatic heterocycles. The van der Waals surface area contributed by atoms with E-state index in [-0.39, 0.29) is 31.3 Å². The lowest BCUT2D eigenvalue weighted by atomic mass is 9.93. The molecular weight excluding hydrogens is 540 g/mol. The summed E-state index contributed by atoms with van der Waals surface area (Å²) in [5, 5.41) is 6.36. The van der Waals surface area contributed by atoms with Crippen LogP contribution in [0.15, 0.2) is 30.3 Å². The number of hydrogen-bond acceptors (Lipinski definition) is 8. The van der Waals surface area contributed by atoms with E-state index in [2.05, 4.69) is 16.0 Å². The highest BCUT2D eigenvalue weighted by Crippen LogP contribution is 2.29. The first-order chi connectivity index (χ1) is 18.7. The van der Waals surface area contributed by atoms with Crippen molar-refractivity contribution in [2.24, 2.45) is 5.92 Å². The van der Waals surface area contributed by atoms with Crippen molar-refractivity contribution in [3.05, 3.63) is 35.9 Å². The summed E-state index contributed by atoms with van der Waals surface area (Å²) in [7, 11) is -4.01. The first-order valence-corrected chi connectivity index (χ1v) is 15.2. The summed E-state index contributed by atoms with van der Waals surface area (Å²) in [6.45, 7) is 5.51. The third-order valence-corrected chi connectivity index (χ3v) is 7.77. The molecule has 0 saturated carbocycles. The van der Waals surface area contributed by atoms with Gasteiger partial charge in [0.1, 0.15) is 17.7 Å². The maximum absolute atomic E-state index is 13.5. The number of benzene rings is 1. The molecule has 1 unspecified atom stereocenters. The van der Waals surface area contributed by atoms with E-state index < -0.39 is 63.1 Å². The van der Waals surface area contributed by atoms with E-state index in [0.717, 1.165) is 11.8 Å². The van der Waals surface area contributed by atoms with Crippen LogP contribution in [0, 0.1) is 5.92 Å². The molecule has 0 aromatic heterocycles. The van der Waals surface area contributed by atoms with Crippen LogP contribution in [0.3, 0.4) is 0 Å². The molecule has 0 bridgehead atoms. The molecule has 2 heterocycles. The first-order valence-electron chi connectivity index (χ1n) is 13.3. The van der Waals surface area contributed by atoms with Crippen LogP contribution >= 0.6 is 0 Å². The molecule has 0 radical (unpaired) electrons. The van der Waals surface area contributed by atoms with Gasteiger partial charge in [-0.25, -0.2) is 8.42 Å². The SMILES string of the molecule is CC(C)CC(NC(=O)[C@H](Cc1ccccc1)NC(=O)[C@@H]1CCCN1C(=O)CNC(=O)S(C)(=O)=O)C(=O)[C@@]1(C)CO1. The molecule has 4 amide bonds. The maximum Gasteiger partial charge on any atom is 0.336 e. The second-order valence-electron chi connectivity index (χ2n) is 11.0. The number of Topliss-reactive ketones (excluding diaryl/α,β-unsaturated/α-hetero) is 1. The van der Waals surface area contributed by atoms with Gasteiger partial charge in [0.05, 0.1) is 19.2 Å². The number of ketones is 1. The predicted molar refractivity (Wildman–Crippen MR) is 146 cm³/mol. The molecule has 13 heteroatoms. The highest BCUT2D eigenvalue weighted by Gasteiger charge is 2.50. The summed E-state index contributed by atoms with van der Waals surface area (Å²) in [5.74, 6) is -1.81. The Hall–Kier alpha value is -3.32. The van der Waals surface area contributed by atoms with Gasteiger partial charge in [-0.15, -0.1) is 0 Å². The van der Waals surface area contributed by atoms with Crippen LogP contribution in [0.25, 0.3) is 0 Å². The van der Waals surface area contributed by atoms with Gasteiger partial charge in [0.2, 0.25) is 27.6 Å². The number of amides is 4. The van der Waals surface area contributed by atoms with Crippen LogP contribution in [-0.2, 0) is 40.2 Å². The summed E-state index contributed by atoms with van der Waals surface area (Å²) in [5.41, 5.74) is -0.141. The Labute approximate surface area is 234 Å². The number of likely N-dealkylation sites (tertiary alicyclic amines) is 1. The summed E-state index contributed by atoms with van der Waals surface area (Å²) in [4.78, 5) is 65.6. The molecule has 0 aliphatic carbocycles. The molecule has 1 aromatic carbocycles. The first kappa shape index (κ1) is 31.2. The van der Waals surface area contributed by atoms with Crippen molar-refractivity contribution in [3.63, 3.8) is 0 Å². The zero-order valence-electron chi connectivity index (χ0n) is 23.3. The van der Waals surface area contributed by atoms with Gasteiger partial charge in [-0.1, -0.05) is 44.2 Å². The predicted octanol–water partition coefficient (Wildman–Crippen LogP) is 0.348. The zero-order chi connectivity index (χ0) is 29.7. The number of sulfone groups is 1. The van der Waals surface area contributed by atoms with Gasteiger partial charge >= 0.3 is 5.24 Å². The molecule has 2 aliphatic rings. The van der Waals surface area contributed by atoms with Gasteiger partial charge in [0.15, 0.2) is 5.78 Å². The number of epoxide rings is 1. The molecule has 12 nitrogen and oxygen atoms in total. The lowest BCUT2D eigenvalue weighted by Crippen LogP contribution is -2.57. The fourth-order valence-electron chi connectivity index (χ4n) is 4.64. The summed E-state index contributed by atoms with van der Waals surface area (Å²) in [6, 6.07) is 6.35. The lowest BCUT2D eigenvalue weighted by Gasteiger charge is -2.28. The maximum atomic E-state index is 13.5. The standard InChI is InChI=1S/C27H38N4O8S/c1-17(2)13-19(23(33)27(3)16-39-27)29-24(34)20(14-18-9-6-5-7-10-18)30-25(35)21-11-8-12-31(21)22(32)15-28-26(36)40(4,37)38/h5-7,9-10,17,19-21H,8,11-16H2,1-4H3,(H,28,36)(H,29,34)(H,30,35)/t19?,20-,21-,27+/m0/s1. The van der Waals surface area contributed by atoms with Crippen LogP contribution in [0.5, 0.6) is 0 Å². The van der Waals surface area contributed by atoms with E-state index in [0.29, 0.717) is 19.3 Å². The van der Waals surface area contributed by atoms with Crippen molar-refractivity contribution >= 4 is 38.6 Å². The van der Waals surface area contributed by atoms with E-state index in [1.54, 1.807) is 6.92 Å². The Bertz CT molecular complexity index is 1230. The van der Waals surface area contributed by atoms with Gasteiger partial charge in [0.25, 0.3) is 0 Å². The second kappa shape index (κ2) is 12.9. The largest absolute Gasteiger partial charge is 0.361 e. The summed E-state index contributed by atoms with van der Waals surface area (Å²) >= 11 is 0. The average molecular weight is 579 g/mol. The third-order valence-electron chi connectivity index (χ3n) is 6.95. The van der Waals surface area contributed by atoms with Crippen molar-refractivity contribution in [1.82, 2.24) is 20.9 Å². The van der Waals surface area contributed by atoms with Crippen molar-refractivity contribution < 1.29 is 37.1 Å². The van der Waals surface area contributed by atoms with Gasteiger partial charge in [-0.3, -0.25) is 24.0 Å². The average Bonchev–Trinajstić information content (AvgIpc) is 3.44. The molecule has 4 atom stereocenters. The molecule has 0 spiro atoms. The smallest absolute Gasteiger partial charge is 0.336 e. The number of carbonyl (C=O) groups is 5. The topological polar surface area (TPSA) is 171 Å². The molecule has 3 rings (SSSR count). The Morgan fingerprint density at radius 2 is 1.73 bits per heavy atom. The van der Waals surface area contributed by atoms with Crippen LogP contribution in [0.1, 0.15) is 45.6 Å². The zero-order valence-corrected chi connectivity index (χ0v) is 24.1. The number of hydrogen-bond donors (Lipinski definition) is 3. The Morgan fingerprint density at radius 3 is 2.30 bits per heavy atom. The molecular formula is C27H38N4O8S.